The van der Waals surface area contributed by atoms with Crippen LogP contribution in [0.4, 0.5) is 0 Å². The molecule has 3 aromatic rings. The quantitative estimate of drug-likeness (QED) is 0.707. The van der Waals surface area contributed by atoms with Gasteiger partial charge in [-0.3, -0.25) is 9.59 Å². The average molecular weight is 398 g/mol. The predicted molar refractivity (Wildman–Crippen MR) is 103 cm³/mol. The first-order valence-electron chi connectivity index (χ1n) is 8.67. The van der Waals surface area contributed by atoms with Crippen molar-refractivity contribution in [2.45, 2.75) is 26.9 Å². The van der Waals surface area contributed by atoms with E-state index in [1.807, 2.05) is 25.1 Å². The van der Waals surface area contributed by atoms with E-state index in [-0.39, 0.29) is 24.5 Å². The van der Waals surface area contributed by atoms with Crippen molar-refractivity contribution in [2.24, 2.45) is 0 Å². The molecule has 1 aromatic carbocycles. The molecule has 28 heavy (non-hydrogen) atoms. The average Bonchev–Trinajstić information content (AvgIpc) is 3.30. The van der Waals surface area contributed by atoms with E-state index >= 15 is 0 Å². The third kappa shape index (κ3) is 3.61. The Morgan fingerprint density at radius 1 is 1.21 bits per heavy atom. The number of amides is 1. The van der Waals surface area contributed by atoms with Gasteiger partial charge in [-0.25, -0.2) is 0 Å². The van der Waals surface area contributed by atoms with Crippen LogP contribution in [0.1, 0.15) is 31.5 Å². The molecule has 2 aromatic heterocycles. The lowest BCUT2D eigenvalue weighted by molar-refractivity contribution is 0.0948. The second-order valence-corrected chi connectivity index (χ2v) is 7.66. The second-order valence-electron chi connectivity index (χ2n) is 6.39. The lowest BCUT2D eigenvalue weighted by Crippen LogP contribution is -2.34. The van der Waals surface area contributed by atoms with Gasteiger partial charge in [-0.05, 0) is 43.2 Å². The maximum absolute atomic E-state index is 12.9. The highest BCUT2D eigenvalue weighted by atomic mass is 32.1. The van der Waals surface area contributed by atoms with Gasteiger partial charge in [0, 0.05) is 6.20 Å². The number of nitrogens with one attached hydrogen (secondary N) is 1. The summed E-state index contributed by atoms with van der Waals surface area (Å²) in [6.45, 7) is 4.35. The Labute approximate surface area is 164 Å². The Morgan fingerprint density at radius 2 is 2.04 bits per heavy atom. The maximum Gasteiger partial charge on any atom is 0.263 e. The molecule has 1 amide bonds. The van der Waals surface area contributed by atoms with Crippen LogP contribution in [0, 0.1) is 13.8 Å². The zero-order valence-corrected chi connectivity index (χ0v) is 16.2. The minimum atomic E-state index is -0.421. The maximum atomic E-state index is 12.9. The van der Waals surface area contributed by atoms with Crippen molar-refractivity contribution in [3.05, 3.63) is 67.5 Å². The molecule has 0 saturated heterocycles. The fourth-order valence-corrected chi connectivity index (χ4v) is 3.60. The molecule has 1 aliphatic heterocycles. The largest absolute Gasteiger partial charge is 0.454 e. The molecule has 0 fully saturated rings. The number of carbonyl (C=O) groups excluding carboxylic acids is 1. The molecular formula is C19H18N4O4S. The van der Waals surface area contributed by atoms with Crippen LogP contribution in [0.15, 0.2) is 35.3 Å². The number of aromatic nitrogens is 3. The third-order valence-corrected chi connectivity index (χ3v) is 5.20. The van der Waals surface area contributed by atoms with E-state index in [1.54, 1.807) is 19.2 Å². The molecule has 3 heterocycles. The van der Waals surface area contributed by atoms with Crippen LogP contribution in [-0.2, 0) is 13.1 Å². The molecule has 0 aliphatic carbocycles. The van der Waals surface area contributed by atoms with Gasteiger partial charge in [-0.15, -0.1) is 10.2 Å². The normalized spacial score (nSPS) is 12.2. The molecule has 0 atom stereocenters. The molecule has 9 heteroatoms. The highest BCUT2D eigenvalue weighted by Gasteiger charge is 2.18. The van der Waals surface area contributed by atoms with Crippen LogP contribution in [0.25, 0.3) is 0 Å². The molecule has 144 valence electrons. The van der Waals surface area contributed by atoms with Gasteiger partial charge in [0.2, 0.25) is 6.79 Å². The zero-order valence-electron chi connectivity index (χ0n) is 15.4. The minimum absolute atomic E-state index is 0.129. The van der Waals surface area contributed by atoms with E-state index in [2.05, 4.69) is 15.5 Å². The van der Waals surface area contributed by atoms with Crippen LogP contribution >= 0.6 is 11.3 Å². The van der Waals surface area contributed by atoms with Crippen molar-refractivity contribution < 1.29 is 14.3 Å². The fraction of sp³-hybridized carbons (Fsp3) is 0.263. The van der Waals surface area contributed by atoms with Crippen molar-refractivity contribution in [1.82, 2.24) is 20.1 Å². The summed E-state index contributed by atoms with van der Waals surface area (Å²) >= 11 is 1.41. The van der Waals surface area contributed by atoms with E-state index < -0.39 is 5.91 Å². The van der Waals surface area contributed by atoms with Gasteiger partial charge < -0.3 is 19.4 Å². The first-order valence-corrected chi connectivity index (χ1v) is 9.48. The van der Waals surface area contributed by atoms with Crippen molar-refractivity contribution in [3.63, 3.8) is 0 Å². The van der Waals surface area contributed by atoms with Crippen LogP contribution in [-0.4, -0.2) is 27.5 Å². The summed E-state index contributed by atoms with van der Waals surface area (Å²) in [5, 5.41) is 12.2. The van der Waals surface area contributed by atoms with Crippen molar-refractivity contribution >= 4 is 17.2 Å². The van der Waals surface area contributed by atoms with Crippen LogP contribution in [0.2, 0.25) is 0 Å². The Kier molecular flexibility index (Phi) is 4.82. The van der Waals surface area contributed by atoms with Gasteiger partial charge >= 0.3 is 0 Å². The number of nitrogens with zero attached hydrogens (tertiary/aromatic N) is 3. The first kappa shape index (κ1) is 18.2. The summed E-state index contributed by atoms with van der Waals surface area (Å²) in [6, 6.07) is 7.29. The molecule has 0 unspecified atom stereocenters. The van der Waals surface area contributed by atoms with Gasteiger partial charge in [0.25, 0.3) is 11.5 Å². The van der Waals surface area contributed by atoms with Crippen molar-refractivity contribution in [3.8, 4) is 11.5 Å². The van der Waals surface area contributed by atoms with E-state index in [4.69, 9.17) is 9.47 Å². The van der Waals surface area contributed by atoms with E-state index in [1.165, 1.54) is 15.9 Å². The molecule has 1 N–H and O–H groups in total. The Morgan fingerprint density at radius 3 is 2.82 bits per heavy atom. The van der Waals surface area contributed by atoms with Crippen LogP contribution in [0.5, 0.6) is 11.5 Å². The summed E-state index contributed by atoms with van der Waals surface area (Å²) in [7, 11) is 0. The summed E-state index contributed by atoms with van der Waals surface area (Å²) < 4.78 is 12.2. The van der Waals surface area contributed by atoms with Gasteiger partial charge in [-0.2, -0.15) is 0 Å². The van der Waals surface area contributed by atoms with Gasteiger partial charge in [0.15, 0.2) is 11.5 Å². The Balaban J connectivity index is 1.55. The second kappa shape index (κ2) is 7.43. The number of hydrogen-bond acceptors (Lipinski definition) is 7. The fourth-order valence-electron chi connectivity index (χ4n) is 2.96. The highest BCUT2D eigenvalue weighted by Crippen LogP contribution is 2.32. The third-order valence-electron chi connectivity index (χ3n) is 4.36. The number of carbonyl (C=O) groups is 1. The molecular weight excluding hydrogens is 380 g/mol. The summed E-state index contributed by atoms with van der Waals surface area (Å²) in [4.78, 5) is 25.5. The predicted octanol–water partition coefficient (Wildman–Crippen LogP) is 2.02. The lowest BCUT2D eigenvalue weighted by Gasteiger charge is -2.11. The Hall–Kier alpha value is -3.20. The van der Waals surface area contributed by atoms with E-state index in [0.717, 1.165) is 10.6 Å². The smallest absolute Gasteiger partial charge is 0.263 e. The summed E-state index contributed by atoms with van der Waals surface area (Å²) in [5.41, 5.74) is 1.29. The zero-order chi connectivity index (χ0) is 19.7. The molecule has 0 spiro atoms. The number of rotatable bonds is 5. The van der Waals surface area contributed by atoms with E-state index in [0.29, 0.717) is 28.6 Å². The number of benzene rings is 1. The number of ether oxygens (including phenoxy) is 2. The standard InChI is InChI=1S/C19H18N4O4S/c1-11-5-6-23(9-13-3-4-14-15(7-13)27-10-26-14)19(25)17(11)18(24)20-8-16-22-21-12(2)28-16/h3-7H,8-10H2,1-2H3,(H,20,24). The molecule has 0 bridgehead atoms. The van der Waals surface area contributed by atoms with Gasteiger partial charge in [-0.1, -0.05) is 17.4 Å². The minimum Gasteiger partial charge on any atom is -0.454 e. The highest BCUT2D eigenvalue weighted by molar-refractivity contribution is 7.11. The number of aryl methyl sites for hydroxylation is 2. The Bertz CT molecular complexity index is 1110. The van der Waals surface area contributed by atoms with Crippen molar-refractivity contribution in [2.75, 3.05) is 6.79 Å². The monoisotopic (exact) mass is 398 g/mol. The molecule has 0 saturated carbocycles. The lowest BCUT2D eigenvalue weighted by atomic mass is 10.1. The van der Waals surface area contributed by atoms with E-state index in [9.17, 15) is 9.59 Å². The molecule has 1 aliphatic rings. The summed E-state index contributed by atoms with van der Waals surface area (Å²) in [5.74, 6) is 0.922. The van der Waals surface area contributed by atoms with Crippen molar-refractivity contribution in [1.29, 1.82) is 0 Å². The molecule has 4 rings (SSSR count). The topological polar surface area (TPSA) is 95.3 Å². The summed E-state index contributed by atoms with van der Waals surface area (Å²) in [6.07, 6.45) is 1.69. The van der Waals surface area contributed by atoms with Gasteiger partial charge in [0.05, 0.1) is 13.1 Å². The number of pyridine rings is 1. The molecule has 0 radical (unpaired) electrons. The van der Waals surface area contributed by atoms with Gasteiger partial charge in [0.1, 0.15) is 15.6 Å². The SMILES string of the molecule is Cc1nnc(CNC(=O)c2c(C)ccn(Cc3ccc4c(c3)OCO4)c2=O)s1. The van der Waals surface area contributed by atoms with Crippen LogP contribution in [0.3, 0.4) is 0 Å². The molecule has 8 nitrogen and oxygen atoms in total. The number of hydrogen-bond donors (Lipinski definition) is 1. The first-order chi connectivity index (χ1) is 13.5. The number of fused-ring (bicyclic) bond motifs is 1. The van der Waals surface area contributed by atoms with Crippen LogP contribution < -0.4 is 20.3 Å².